The molecule has 0 radical (unpaired) electrons. The summed E-state index contributed by atoms with van der Waals surface area (Å²) in [6, 6.07) is 5.39. The number of aromatic amines is 1. The number of carbonyl (C=O) groups excluding carboxylic acids is 1. The average molecular weight is 244 g/mol. The van der Waals surface area contributed by atoms with Crippen molar-refractivity contribution < 1.29 is 4.79 Å². The Balaban J connectivity index is 1.90. The van der Waals surface area contributed by atoms with E-state index in [0.29, 0.717) is 10.7 Å². The first kappa shape index (κ1) is 9.98. The number of nitrogens with zero attached hydrogens (tertiary/aromatic N) is 2. The highest BCUT2D eigenvalue weighted by atomic mass is 32.1. The van der Waals surface area contributed by atoms with E-state index in [0.717, 1.165) is 10.9 Å². The molecule has 0 saturated carbocycles. The van der Waals surface area contributed by atoms with Crippen LogP contribution in [-0.2, 0) is 0 Å². The molecule has 1 aromatic carbocycles. The lowest BCUT2D eigenvalue weighted by Gasteiger charge is -2.01. The van der Waals surface area contributed by atoms with Crippen LogP contribution < -0.4 is 5.32 Å². The van der Waals surface area contributed by atoms with E-state index < -0.39 is 0 Å². The van der Waals surface area contributed by atoms with Crippen molar-refractivity contribution in [1.82, 2.24) is 15.2 Å². The monoisotopic (exact) mass is 244 g/mol. The molecule has 0 unspecified atom stereocenters. The quantitative estimate of drug-likeness (QED) is 0.726. The Morgan fingerprint density at radius 1 is 1.41 bits per heavy atom. The van der Waals surface area contributed by atoms with Gasteiger partial charge >= 0.3 is 0 Å². The average Bonchev–Trinajstić information content (AvgIpc) is 2.97. The smallest absolute Gasteiger partial charge is 0.257 e. The number of nitrogens with one attached hydrogen (secondary N) is 2. The number of hydrogen-bond acceptors (Lipinski definition) is 4. The van der Waals surface area contributed by atoms with Gasteiger partial charge in [-0.2, -0.15) is 5.10 Å². The molecule has 6 heteroatoms. The van der Waals surface area contributed by atoms with Gasteiger partial charge in [-0.25, -0.2) is 4.98 Å². The Hall–Kier alpha value is -2.21. The summed E-state index contributed by atoms with van der Waals surface area (Å²) in [5.74, 6) is -0.170. The van der Waals surface area contributed by atoms with Gasteiger partial charge in [0.1, 0.15) is 0 Å². The fraction of sp³-hybridized carbons (Fsp3) is 0. The first-order chi connectivity index (χ1) is 8.33. The number of carbonyl (C=O) groups is 1. The first-order valence-corrected chi connectivity index (χ1v) is 5.85. The maximum Gasteiger partial charge on any atom is 0.257 e. The maximum absolute atomic E-state index is 11.9. The van der Waals surface area contributed by atoms with E-state index in [1.54, 1.807) is 24.5 Å². The van der Waals surface area contributed by atoms with E-state index in [1.807, 2.05) is 11.4 Å². The highest BCUT2D eigenvalue weighted by Gasteiger charge is 2.08. The van der Waals surface area contributed by atoms with Gasteiger partial charge in [0.15, 0.2) is 5.13 Å². The summed E-state index contributed by atoms with van der Waals surface area (Å²) in [5.41, 5.74) is 1.42. The third kappa shape index (κ3) is 1.90. The van der Waals surface area contributed by atoms with Crippen molar-refractivity contribution in [2.75, 3.05) is 5.32 Å². The standard InChI is InChI=1S/C11H8N4OS/c16-10(14-11-12-3-4-17-11)7-1-2-8-6-13-15-9(8)5-7/h1-6H,(H,13,15)(H,12,14,16). The van der Waals surface area contributed by atoms with E-state index in [-0.39, 0.29) is 5.91 Å². The molecule has 3 aromatic rings. The van der Waals surface area contributed by atoms with Gasteiger partial charge in [-0.05, 0) is 12.1 Å². The van der Waals surface area contributed by atoms with Crippen LogP contribution in [0.25, 0.3) is 10.9 Å². The van der Waals surface area contributed by atoms with Crippen LogP contribution in [0.4, 0.5) is 5.13 Å². The van der Waals surface area contributed by atoms with Gasteiger partial charge in [-0.3, -0.25) is 15.2 Å². The van der Waals surface area contributed by atoms with Crippen molar-refractivity contribution in [3.05, 3.63) is 41.5 Å². The second kappa shape index (κ2) is 3.99. The molecule has 84 valence electrons. The number of fused-ring (bicyclic) bond motifs is 1. The minimum Gasteiger partial charge on any atom is -0.298 e. The number of amides is 1. The van der Waals surface area contributed by atoms with Crippen LogP contribution >= 0.6 is 11.3 Å². The van der Waals surface area contributed by atoms with Crippen molar-refractivity contribution in [2.45, 2.75) is 0 Å². The molecule has 0 spiro atoms. The summed E-state index contributed by atoms with van der Waals surface area (Å²) >= 11 is 1.39. The van der Waals surface area contributed by atoms with Crippen molar-refractivity contribution in [2.24, 2.45) is 0 Å². The number of H-pyrrole nitrogens is 1. The SMILES string of the molecule is O=C(Nc1nccs1)c1ccc2cn[nH]c2c1. The fourth-order valence-corrected chi connectivity index (χ4v) is 2.06. The largest absolute Gasteiger partial charge is 0.298 e. The number of hydrogen-bond donors (Lipinski definition) is 2. The van der Waals surface area contributed by atoms with Crippen molar-refractivity contribution in [3.8, 4) is 0 Å². The van der Waals surface area contributed by atoms with Crippen molar-refractivity contribution in [3.63, 3.8) is 0 Å². The molecular weight excluding hydrogens is 236 g/mol. The molecule has 0 atom stereocenters. The molecule has 0 fully saturated rings. The zero-order chi connectivity index (χ0) is 11.7. The summed E-state index contributed by atoms with van der Waals surface area (Å²) in [6.45, 7) is 0. The maximum atomic E-state index is 11.9. The highest BCUT2D eigenvalue weighted by Crippen LogP contribution is 2.15. The molecule has 5 nitrogen and oxygen atoms in total. The van der Waals surface area contributed by atoms with Crippen LogP contribution in [0.3, 0.4) is 0 Å². The van der Waals surface area contributed by atoms with E-state index in [4.69, 9.17) is 0 Å². The Kier molecular flexibility index (Phi) is 2.34. The van der Waals surface area contributed by atoms with Crippen LogP contribution in [-0.4, -0.2) is 21.1 Å². The molecule has 0 aliphatic carbocycles. The molecule has 2 heterocycles. The lowest BCUT2D eigenvalue weighted by molar-refractivity contribution is 0.102. The van der Waals surface area contributed by atoms with E-state index >= 15 is 0 Å². The predicted octanol–water partition coefficient (Wildman–Crippen LogP) is 2.27. The van der Waals surface area contributed by atoms with Crippen LogP contribution in [0.15, 0.2) is 36.0 Å². The molecule has 2 N–H and O–H groups in total. The molecule has 0 aliphatic heterocycles. The minimum absolute atomic E-state index is 0.170. The number of rotatable bonds is 2. The topological polar surface area (TPSA) is 70.7 Å². The summed E-state index contributed by atoms with van der Waals surface area (Å²) in [7, 11) is 0. The van der Waals surface area contributed by atoms with E-state index in [9.17, 15) is 4.79 Å². The minimum atomic E-state index is -0.170. The number of aromatic nitrogens is 3. The van der Waals surface area contributed by atoms with Gasteiger partial charge in [-0.1, -0.05) is 6.07 Å². The van der Waals surface area contributed by atoms with Crippen LogP contribution in [0.2, 0.25) is 0 Å². The Labute approximate surface area is 101 Å². The van der Waals surface area contributed by atoms with Gasteiger partial charge in [0.2, 0.25) is 0 Å². The normalized spacial score (nSPS) is 10.6. The van der Waals surface area contributed by atoms with Gasteiger partial charge in [0.05, 0.1) is 11.7 Å². The van der Waals surface area contributed by atoms with Crippen molar-refractivity contribution in [1.29, 1.82) is 0 Å². The third-order valence-electron chi connectivity index (χ3n) is 2.36. The van der Waals surface area contributed by atoms with Crippen LogP contribution in [0.5, 0.6) is 0 Å². The highest BCUT2D eigenvalue weighted by molar-refractivity contribution is 7.13. The molecular formula is C11H8N4OS. The van der Waals surface area contributed by atoms with Gasteiger partial charge in [-0.15, -0.1) is 11.3 Å². The molecule has 3 rings (SSSR count). The lowest BCUT2D eigenvalue weighted by atomic mass is 10.1. The van der Waals surface area contributed by atoms with Gasteiger partial charge < -0.3 is 0 Å². The summed E-state index contributed by atoms with van der Waals surface area (Å²) < 4.78 is 0. The predicted molar refractivity (Wildman–Crippen MR) is 66.2 cm³/mol. The lowest BCUT2D eigenvalue weighted by Crippen LogP contribution is -2.11. The van der Waals surface area contributed by atoms with Gasteiger partial charge in [0, 0.05) is 22.5 Å². The summed E-state index contributed by atoms with van der Waals surface area (Å²) in [5, 5.41) is 12.9. The van der Waals surface area contributed by atoms with Gasteiger partial charge in [0.25, 0.3) is 5.91 Å². The fourth-order valence-electron chi connectivity index (χ4n) is 1.53. The molecule has 0 saturated heterocycles. The molecule has 2 aromatic heterocycles. The summed E-state index contributed by atoms with van der Waals surface area (Å²) in [4.78, 5) is 15.9. The molecule has 17 heavy (non-hydrogen) atoms. The van der Waals surface area contributed by atoms with E-state index in [2.05, 4.69) is 20.5 Å². The first-order valence-electron chi connectivity index (χ1n) is 4.97. The Bertz CT molecular complexity index is 659. The Morgan fingerprint density at radius 2 is 2.35 bits per heavy atom. The Morgan fingerprint density at radius 3 is 3.18 bits per heavy atom. The van der Waals surface area contributed by atoms with Crippen LogP contribution in [0, 0.1) is 0 Å². The zero-order valence-corrected chi connectivity index (χ0v) is 9.49. The second-order valence-corrected chi connectivity index (χ2v) is 4.36. The third-order valence-corrected chi connectivity index (χ3v) is 3.05. The summed E-state index contributed by atoms with van der Waals surface area (Å²) in [6.07, 6.45) is 3.37. The van der Waals surface area contributed by atoms with Crippen LogP contribution in [0.1, 0.15) is 10.4 Å². The van der Waals surface area contributed by atoms with E-state index in [1.165, 1.54) is 11.3 Å². The number of benzene rings is 1. The number of anilines is 1. The molecule has 0 aliphatic rings. The second-order valence-electron chi connectivity index (χ2n) is 3.46. The number of thiazole rings is 1. The molecule has 0 bridgehead atoms. The zero-order valence-electron chi connectivity index (χ0n) is 8.68. The molecule has 1 amide bonds. The van der Waals surface area contributed by atoms with Crippen molar-refractivity contribution >= 4 is 33.3 Å².